The summed E-state index contributed by atoms with van der Waals surface area (Å²) < 4.78 is 0. The Labute approximate surface area is 247 Å². The number of likely N-dealkylation sites (tertiary alicyclic amines) is 2. The number of rotatable bonds is 12. The van der Waals surface area contributed by atoms with Crippen molar-refractivity contribution in [2.24, 2.45) is 17.6 Å². The highest BCUT2D eigenvalue weighted by atomic mass is 16.4. The Morgan fingerprint density at radius 1 is 0.881 bits per heavy atom. The van der Waals surface area contributed by atoms with Gasteiger partial charge in [0.2, 0.25) is 23.6 Å². The van der Waals surface area contributed by atoms with Crippen LogP contribution in [0.3, 0.4) is 0 Å². The van der Waals surface area contributed by atoms with Crippen LogP contribution in [0.25, 0.3) is 0 Å². The highest BCUT2D eigenvalue weighted by Gasteiger charge is 2.41. The summed E-state index contributed by atoms with van der Waals surface area (Å²) in [7, 11) is 0. The average Bonchev–Trinajstić information content (AvgIpc) is 3.62. The van der Waals surface area contributed by atoms with Crippen LogP contribution in [-0.2, 0) is 30.4 Å². The van der Waals surface area contributed by atoms with E-state index in [0.717, 1.165) is 0 Å². The molecule has 2 saturated heterocycles. The number of hydrogen-bond acceptors (Lipinski definition) is 7. The second-order valence-electron chi connectivity index (χ2n) is 12.1. The summed E-state index contributed by atoms with van der Waals surface area (Å²) in [5, 5.41) is 24.9. The summed E-state index contributed by atoms with van der Waals surface area (Å²) in [5.41, 5.74) is 6.68. The van der Waals surface area contributed by atoms with Gasteiger partial charge in [0, 0.05) is 19.5 Å². The quantitative estimate of drug-likeness (QED) is 0.240. The lowest BCUT2D eigenvalue weighted by atomic mass is 9.99. The zero-order valence-corrected chi connectivity index (χ0v) is 24.9. The molecule has 0 unspecified atom stereocenters. The van der Waals surface area contributed by atoms with Crippen LogP contribution in [0.2, 0.25) is 0 Å². The monoisotopic (exact) mass is 587 g/mol. The Balaban J connectivity index is 1.81. The lowest BCUT2D eigenvalue weighted by Crippen LogP contribution is -2.58. The van der Waals surface area contributed by atoms with Gasteiger partial charge in [0.1, 0.15) is 29.9 Å². The zero-order valence-electron chi connectivity index (χ0n) is 24.9. The number of nitrogens with one attached hydrogen (secondary N) is 2. The zero-order chi connectivity index (χ0) is 31.1. The van der Waals surface area contributed by atoms with E-state index in [1.165, 1.54) is 21.9 Å². The Morgan fingerprint density at radius 2 is 1.43 bits per heavy atom. The molecule has 2 fully saturated rings. The van der Waals surface area contributed by atoms with Gasteiger partial charge in [-0.2, -0.15) is 0 Å². The van der Waals surface area contributed by atoms with Crippen LogP contribution in [-0.4, -0.2) is 92.9 Å². The second kappa shape index (κ2) is 14.5. The maximum atomic E-state index is 13.7. The Morgan fingerprint density at radius 3 is 1.98 bits per heavy atom. The van der Waals surface area contributed by atoms with E-state index in [1.807, 2.05) is 27.7 Å². The summed E-state index contributed by atoms with van der Waals surface area (Å²) in [4.78, 5) is 68.3. The number of carboxylic acids is 1. The van der Waals surface area contributed by atoms with E-state index in [4.69, 9.17) is 5.73 Å². The smallest absolute Gasteiger partial charge is 0.326 e. The van der Waals surface area contributed by atoms with E-state index in [0.29, 0.717) is 44.2 Å². The molecule has 1 aromatic rings. The normalized spacial score (nSPS) is 20.8. The summed E-state index contributed by atoms with van der Waals surface area (Å²) >= 11 is 0. The first-order valence-electron chi connectivity index (χ1n) is 14.8. The highest BCUT2D eigenvalue weighted by molar-refractivity contribution is 5.96. The number of carboxylic acid groups (broad SMARTS) is 1. The fraction of sp³-hybridized carbons (Fsp3) is 0.633. The number of phenolic OH excluding ortho intramolecular Hbond substituents is 1. The standard InChI is InChI=1S/C30H45N5O7/c1-17(2)15-21(33-27(38)25(31)18(3)4)28(39)34-13-5-7-23(34)26(37)32-22(16-19-9-11-20(36)12-10-19)29(40)35-14-6-8-24(35)30(41)42/h9-12,17-18,21-25,36H,5-8,13-16,31H2,1-4H3,(H,32,37)(H,33,38)(H,41,42)/t21-,22-,23-,24-,25-/m0/s1. The minimum atomic E-state index is -1.10. The molecule has 0 aromatic heterocycles. The Bertz CT molecular complexity index is 1140. The van der Waals surface area contributed by atoms with Crippen molar-refractivity contribution in [1.82, 2.24) is 20.4 Å². The first kappa shape index (κ1) is 32.8. The molecule has 0 bridgehead atoms. The number of nitrogens with zero attached hydrogens (tertiary/aromatic N) is 2. The van der Waals surface area contributed by atoms with Crippen molar-refractivity contribution in [1.29, 1.82) is 0 Å². The molecule has 0 radical (unpaired) electrons. The number of aromatic hydroxyl groups is 1. The molecule has 5 atom stereocenters. The third-order valence-corrected chi connectivity index (χ3v) is 7.99. The number of benzene rings is 1. The molecule has 6 N–H and O–H groups in total. The second-order valence-corrected chi connectivity index (χ2v) is 12.1. The summed E-state index contributed by atoms with van der Waals surface area (Å²) in [6.45, 7) is 8.10. The van der Waals surface area contributed by atoms with Gasteiger partial charge in [-0.25, -0.2) is 4.79 Å². The minimum absolute atomic E-state index is 0.0497. The predicted molar refractivity (Wildman–Crippen MR) is 155 cm³/mol. The van der Waals surface area contributed by atoms with E-state index >= 15 is 0 Å². The third kappa shape index (κ3) is 8.21. The summed E-state index contributed by atoms with van der Waals surface area (Å²) in [6, 6.07) is 1.67. The van der Waals surface area contributed by atoms with Crippen LogP contribution in [0.5, 0.6) is 5.75 Å². The Kier molecular flexibility index (Phi) is 11.3. The minimum Gasteiger partial charge on any atom is -0.508 e. The van der Waals surface area contributed by atoms with Crippen LogP contribution < -0.4 is 16.4 Å². The fourth-order valence-electron chi connectivity index (χ4n) is 5.59. The molecule has 12 heteroatoms. The van der Waals surface area contributed by atoms with Crippen molar-refractivity contribution in [3.8, 4) is 5.75 Å². The van der Waals surface area contributed by atoms with Crippen molar-refractivity contribution in [2.75, 3.05) is 13.1 Å². The summed E-state index contributed by atoms with van der Waals surface area (Å²) in [6.07, 6.45) is 2.27. The van der Waals surface area contributed by atoms with Gasteiger partial charge in [0.15, 0.2) is 0 Å². The van der Waals surface area contributed by atoms with E-state index in [9.17, 15) is 34.2 Å². The van der Waals surface area contributed by atoms with Crippen molar-refractivity contribution >= 4 is 29.6 Å². The molecule has 3 rings (SSSR count). The number of amides is 4. The molecule has 2 aliphatic heterocycles. The van der Waals surface area contributed by atoms with Crippen molar-refractivity contribution < 1.29 is 34.2 Å². The van der Waals surface area contributed by atoms with Crippen LogP contribution in [0.15, 0.2) is 24.3 Å². The topological polar surface area (TPSA) is 182 Å². The molecule has 1 aromatic carbocycles. The van der Waals surface area contributed by atoms with E-state index in [2.05, 4.69) is 10.6 Å². The molecule has 12 nitrogen and oxygen atoms in total. The molecule has 2 heterocycles. The Hall–Kier alpha value is -3.67. The molecular formula is C30H45N5O7. The van der Waals surface area contributed by atoms with Gasteiger partial charge in [0.05, 0.1) is 6.04 Å². The number of carbonyl (C=O) groups excluding carboxylic acids is 4. The SMILES string of the molecule is CC(C)C[C@H](NC(=O)[C@@H](N)C(C)C)C(=O)N1CCC[C@H]1C(=O)N[C@@H](Cc1ccc(O)cc1)C(=O)N1CCC[C@H]1C(=O)O. The van der Waals surface area contributed by atoms with Gasteiger partial charge in [-0.15, -0.1) is 0 Å². The number of hydrogen-bond donors (Lipinski definition) is 5. The highest BCUT2D eigenvalue weighted by Crippen LogP contribution is 2.23. The van der Waals surface area contributed by atoms with Gasteiger partial charge in [-0.1, -0.05) is 39.8 Å². The van der Waals surface area contributed by atoms with Crippen LogP contribution in [0, 0.1) is 11.8 Å². The number of phenols is 1. The van der Waals surface area contributed by atoms with Crippen molar-refractivity contribution in [3.63, 3.8) is 0 Å². The van der Waals surface area contributed by atoms with E-state index < -0.39 is 53.9 Å². The van der Waals surface area contributed by atoms with Crippen LogP contribution >= 0.6 is 0 Å². The maximum Gasteiger partial charge on any atom is 0.326 e. The molecule has 2 aliphatic rings. The van der Waals surface area contributed by atoms with Gasteiger partial charge in [0.25, 0.3) is 0 Å². The largest absolute Gasteiger partial charge is 0.508 e. The lowest BCUT2D eigenvalue weighted by molar-refractivity contribution is -0.149. The van der Waals surface area contributed by atoms with Crippen molar-refractivity contribution in [3.05, 3.63) is 29.8 Å². The van der Waals surface area contributed by atoms with Crippen LogP contribution in [0.1, 0.15) is 65.4 Å². The number of aliphatic carboxylic acids is 1. The first-order chi connectivity index (χ1) is 19.8. The maximum absolute atomic E-state index is 13.7. The average molecular weight is 588 g/mol. The number of carbonyl (C=O) groups is 5. The fourth-order valence-corrected chi connectivity index (χ4v) is 5.59. The molecule has 0 spiro atoms. The van der Waals surface area contributed by atoms with Gasteiger partial charge >= 0.3 is 5.97 Å². The lowest BCUT2D eigenvalue weighted by Gasteiger charge is -2.32. The van der Waals surface area contributed by atoms with E-state index in [1.54, 1.807) is 12.1 Å². The first-order valence-corrected chi connectivity index (χ1v) is 14.8. The van der Waals surface area contributed by atoms with Gasteiger partial charge < -0.3 is 36.4 Å². The molecule has 4 amide bonds. The number of nitrogens with two attached hydrogens (primary N) is 1. The van der Waals surface area contributed by atoms with Crippen molar-refractivity contribution in [2.45, 2.75) is 96.4 Å². The van der Waals surface area contributed by atoms with Gasteiger partial charge in [-0.05, 0) is 61.6 Å². The molecular weight excluding hydrogens is 542 g/mol. The van der Waals surface area contributed by atoms with Gasteiger partial charge in [-0.3, -0.25) is 19.2 Å². The molecule has 0 saturated carbocycles. The summed E-state index contributed by atoms with van der Waals surface area (Å²) in [5.74, 6) is -2.92. The predicted octanol–water partition coefficient (Wildman–Crippen LogP) is 1.00. The molecule has 0 aliphatic carbocycles. The third-order valence-electron chi connectivity index (χ3n) is 7.99. The molecule has 42 heavy (non-hydrogen) atoms. The van der Waals surface area contributed by atoms with Crippen LogP contribution in [0.4, 0.5) is 0 Å². The van der Waals surface area contributed by atoms with E-state index in [-0.39, 0.29) is 36.5 Å². The molecule has 232 valence electrons.